The number of aromatic nitrogens is 1. The van der Waals surface area contributed by atoms with Crippen molar-refractivity contribution in [3.05, 3.63) is 58.2 Å². The summed E-state index contributed by atoms with van der Waals surface area (Å²) in [4.78, 5) is 19.3. The monoisotopic (exact) mass is 452 g/mol. The summed E-state index contributed by atoms with van der Waals surface area (Å²) in [7, 11) is 5.37. The summed E-state index contributed by atoms with van der Waals surface area (Å²) < 4.78 is 13.1. The van der Waals surface area contributed by atoms with Crippen LogP contribution in [0.15, 0.2) is 36.5 Å². The second-order valence-corrected chi connectivity index (χ2v) is 9.46. The fourth-order valence-electron chi connectivity index (χ4n) is 4.67. The lowest BCUT2D eigenvalue weighted by molar-refractivity contribution is 0.189. The maximum atomic E-state index is 13.6. The lowest BCUT2D eigenvalue weighted by atomic mass is 10.0. The van der Waals surface area contributed by atoms with E-state index in [0.717, 1.165) is 25.2 Å². The third-order valence-corrected chi connectivity index (χ3v) is 7.73. The molecule has 1 atom stereocenters. The highest BCUT2D eigenvalue weighted by molar-refractivity contribution is 7.15. The Kier molecular flexibility index (Phi) is 5.35. The molecule has 7 nitrogen and oxygen atoms in total. The minimum Gasteiger partial charge on any atom is -0.497 e. The van der Waals surface area contributed by atoms with Crippen LogP contribution in [0.2, 0.25) is 0 Å². The molecule has 0 spiro atoms. The van der Waals surface area contributed by atoms with Crippen molar-refractivity contribution in [2.75, 3.05) is 33.1 Å². The van der Waals surface area contributed by atoms with Crippen LogP contribution in [-0.4, -0.2) is 48.2 Å². The van der Waals surface area contributed by atoms with E-state index in [2.05, 4.69) is 47.1 Å². The number of hydrogen-bond donors (Lipinski definition) is 1. The number of urea groups is 1. The van der Waals surface area contributed by atoms with E-state index in [1.54, 1.807) is 26.4 Å². The zero-order valence-electron chi connectivity index (χ0n) is 18.8. The van der Waals surface area contributed by atoms with Crippen molar-refractivity contribution in [1.82, 2.24) is 14.4 Å². The highest BCUT2D eigenvalue weighted by atomic mass is 32.1. The van der Waals surface area contributed by atoms with E-state index in [-0.39, 0.29) is 12.1 Å². The van der Waals surface area contributed by atoms with Crippen LogP contribution in [0.3, 0.4) is 0 Å². The predicted octanol–water partition coefficient (Wildman–Crippen LogP) is 4.65. The lowest BCUT2D eigenvalue weighted by Gasteiger charge is -2.29. The number of methoxy groups -OCH3 is 2. The molecule has 2 aromatic heterocycles. The Morgan fingerprint density at radius 1 is 1.16 bits per heavy atom. The van der Waals surface area contributed by atoms with Crippen molar-refractivity contribution in [2.45, 2.75) is 32.5 Å². The van der Waals surface area contributed by atoms with Gasteiger partial charge in [0, 0.05) is 41.5 Å². The summed E-state index contributed by atoms with van der Waals surface area (Å²) in [5, 5.41) is 4.31. The molecule has 0 saturated carbocycles. The molecular weight excluding hydrogens is 424 g/mol. The van der Waals surface area contributed by atoms with Gasteiger partial charge in [-0.05, 0) is 50.2 Å². The smallest absolute Gasteiger partial charge is 0.322 e. The van der Waals surface area contributed by atoms with Crippen LogP contribution in [0.4, 0.5) is 10.5 Å². The van der Waals surface area contributed by atoms with Gasteiger partial charge in [0.2, 0.25) is 0 Å². The molecule has 8 heteroatoms. The molecule has 0 aliphatic carbocycles. The van der Waals surface area contributed by atoms with Crippen molar-refractivity contribution >= 4 is 23.1 Å². The SMILES string of the molecule is COc1ccc(OC)c(NC(=O)N2Cc3c(sc4c3CCN(C)C4)-n3cccc3[C@H]2C)c1. The van der Waals surface area contributed by atoms with Crippen LogP contribution in [0.5, 0.6) is 11.5 Å². The summed E-state index contributed by atoms with van der Waals surface area (Å²) in [6.45, 7) is 4.67. The Morgan fingerprint density at radius 2 is 2.00 bits per heavy atom. The van der Waals surface area contributed by atoms with Crippen molar-refractivity contribution in [2.24, 2.45) is 0 Å². The molecule has 2 aliphatic heterocycles. The first-order valence-corrected chi connectivity index (χ1v) is 11.6. The number of benzene rings is 1. The molecule has 32 heavy (non-hydrogen) atoms. The Balaban J connectivity index is 1.53. The van der Waals surface area contributed by atoms with Gasteiger partial charge in [-0.25, -0.2) is 4.79 Å². The summed E-state index contributed by atoms with van der Waals surface area (Å²) >= 11 is 1.86. The highest BCUT2D eigenvalue weighted by Gasteiger charge is 2.33. The fraction of sp³-hybridized carbons (Fsp3) is 0.375. The van der Waals surface area contributed by atoms with E-state index in [0.29, 0.717) is 23.7 Å². The molecule has 0 bridgehead atoms. The normalized spacial score (nSPS) is 17.8. The molecule has 168 valence electrons. The van der Waals surface area contributed by atoms with Crippen molar-refractivity contribution in [1.29, 1.82) is 0 Å². The number of hydrogen-bond acceptors (Lipinski definition) is 5. The molecule has 4 heterocycles. The Labute approximate surface area is 192 Å². The molecule has 1 aromatic carbocycles. The maximum absolute atomic E-state index is 13.6. The van der Waals surface area contributed by atoms with Gasteiger partial charge in [0.15, 0.2) is 0 Å². The molecule has 0 saturated heterocycles. The minimum absolute atomic E-state index is 0.0804. The number of fused-ring (bicyclic) bond motifs is 5. The number of ether oxygens (including phenoxy) is 2. The van der Waals surface area contributed by atoms with Gasteiger partial charge in [0.05, 0.1) is 32.5 Å². The molecular formula is C24H28N4O3S. The highest BCUT2D eigenvalue weighted by Crippen LogP contribution is 2.42. The molecule has 0 fully saturated rings. The number of carbonyl (C=O) groups excluding carboxylic acids is 1. The summed E-state index contributed by atoms with van der Waals surface area (Å²) in [6.07, 6.45) is 3.13. The first-order chi connectivity index (χ1) is 15.5. The van der Waals surface area contributed by atoms with Crippen molar-refractivity contribution in [3.8, 4) is 16.5 Å². The average Bonchev–Trinajstić information content (AvgIpc) is 3.38. The van der Waals surface area contributed by atoms with Crippen LogP contribution >= 0.6 is 11.3 Å². The Morgan fingerprint density at radius 3 is 2.78 bits per heavy atom. The van der Waals surface area contributed by atoms with Crippen molar-refractivity contribution in [3.63, 3.8) is 0 Å². The molecule has 2 amide bonds. The molecule has 1 N–H and O–H groups in total. The van der Waals surface area contributed by atoms with Crippen LogP contribution in [0.1, 0.15) is 34.7 Å². The zero-order valence-corrected chi connectivity index (χ0v) is 19.7. The molecule has 0 unspecified atom stereocenters. The number of thiophene rings is 1. The van der Waals surface area contributed by atoms with Crippen molar-refractivity contribution < 1.29 is 14.3 Å². The Hall–Kier alpha value is -2.97. The lowest BCUT2D eigenvalue weighted by Crippen LogP contribution is -2.36. The summed E-state index contributed by atoms with van der Waals surface area (Å²) in [5.74, 6) is 1.26. The van der Waals surface area contributed by atoms with E-state index < -0.39 is 0 Å². The fourth-order valence-corrected chi connectivity index (χ4v) is 6.12. The average molecular weight is 453 g/mol. The number of nitrogens with one attached hydrogen (secondary N) is 1. The van der Waals surface area contributed by atoms with Gasteiger partial charge >= 0.3 is 6.03 Å². The van der Waals surface area contributed by atoms with Crippen LogP contribution in [0.25, 0.3) is 5.00 Å². The number of amides is 2. The number of carbonyl (C=O) groups is 1. The van der Waals surface area contributed by atoms with Gasteiger partial charge in [0.1, 0.15) is 16.5 Å². The summed E-state index contributed by atoms with van der Waals surface area (Å²) in [5.41, 5.74) is 4.39. The van der Waals surface area contributed by atoms with Gasteiger partial charge in [-0.3, -0.25) is 0 Å². The Bertz CT molecular complexity index is 1170. The van der Waals surface area contributed by atoms with Crippen LogP contribution in [-0.2, 0) is 19.5 Å². The third-order valence-electron chi connectivity index (χ3n) is 6.47. The predicted molar refractivity (Wildman–Crippen MR) is 126 cm³/mol. The summed E-state index contributed by atoms with van der Waals surface area (Å²) in [6, 6.07) is 9.34. The topological polar surface area (TPSA) is 59.0 Å². The largest absolute Gasteiger partial charge is 0.497 e. The van der Waals surface area contributed by atoms with Gasteiger partial charge in [0.25, 0.3) is 0 Å². The quantitative estimate of drug-likeness (QED) is 0.628. The first kappa shape index (κ1) is 20.9. The van der Waals surface area contributed by atoms with Gasteiger partial charge in [-0.1, -0.05) is 0 Å². The van der Waals surface area contributed by atoms with E-state index in [1.165, 1.54) is 21.0 Å². The molecule has 0 radical (unpaired) electrons. The van der Waals surface area contributed by atoms with Gasteiger partial charge in [-0.2, -0.15) is 0 Å². The maximum Gasteiger partial charge on any atom is 0.322 e. The first-order valence-electron chi connectivity index (χ1n) is 10.8. The van der Waals surface area contributed by atoms with Gasteiger partial charge < -0.3 is 29.2 Å². The van der Waals surface area contributed by atoms with E-state index in [9.17, 15) is 4.79 Å². The minimum atomic E-state index is -0.155. The second-order valence-electron chi connectivity index (χ2n) is 8.38. The number of likely N-dealkylation sites (N-methyl/N-ethyl adjacent to an activating group) is 1. The number of nitrogens with zero attached hydrogens (tertiary/aromatic N) is 3. The van der Waals surface area contributed by atoms with Gasteiger partial charge in [-0.15, -0.1) is 11.3 Å². The number of rotatable bonds is 3. The molecule has 3 aromatic rings. The molecule has 2 aliphatic rings. The zero-order chi connectivity index (χ0) is 22.4. The second kappa shape index (κ2) is 8.18. The van der Waals surface area contributed by atoms with E-state index >= 15 is 0 Å². The third kappa shape index (κ3) is 3.43. The van der Waals surface area contributed by atoms with Crippen LogP contribution in [0, 0.1) is 0 Å². The van der Waals surface area contributed by atoms with E-state index in [1.807, 2.05) is 22.3 Å². The number of anilines is 1. The standard InChI is InChI=1S/C24H28N4O3S/c1-15-20-6-5-10-27(20)23-18(17-9-11-26(2)14-22(17)32-23)13-28(15)24(29)25-19-12-16(30-3)7-8-21(19)31-4/h5-8,10,12,15H,9,11,13-14H2,1-4H3,(H,25,29)/t15-/m1/s1. The van der Waals surface area contributed by atoms with Crippen LogP contribution < -0.4 is 14.8 Å². The van der Waals surface area contributed by atoms with E-state index in [4.69, 9.17) is 9.47 Å². The molecule has 5 rings (SSSR count).